The standard InChI is InChI=1S/C16H17NO3/c1-3-20-16(18)15(10-17)14-6-4-5-11-9-12(19-2)7-8-13(11)14/h7-9H,3-6H2,1-2H3/b15-14+. The molecule has 1 aromatic rings. The Kier molecular flexibility index (Phi) is 4.41. The van der Waals surface area contributed by atoms with Crippen LogP contribution >= 0.6 is 0 Å². The van der Waals surface area contributed by atoms with Crippen LogP contribution in [0.5, 0.6) is 5.75 Å². The maximum Gasteiger partial charge on any atom is 0.349 e. The molecule has 0 saturated carbocycles. The molecule has 0 heterocycles. The predicted molar refractivity (Wildman–Crippen MR) is 75.1 cm³/mol. The van der Waals surface area contributed by atoms with Gasteiger partial charge in [0.2, 0.25) is 0 Å². The Hall–Kier alpha value is -2.28. The van der Waals surface area contributed by atoms with Crippen molar-refractivity contribution in [1.82, 2.24) is 0 Å². The fraction of sp³-hybridized carbons (Fsp3) is 0.375. The molecule has 0 unspecified atom stereocenters. The van der Waals surface area contributed by atoms with E-state index in [0.29, 0.717) is 0 Å². The predicted octanol–water partition coefficient (Wildman–Crippen LogP) is 2.87. The van der Waals surface area contributed by atoms with Crippen LogP contribution in [0, 0.1) is 11.3 Å². The molecule has 0 bridgehead atoms. The first-order valence-electron chi connectivity index (χ1n) is 6.69. The summed E-state index contributed by atoms with van der Waals surface area (Å²) in [6.07, 6.45) is 2.57. The zero-order chi connectivity index (χ0) is 14.5. The summed E-state index contributed by atoms with van der Waals surface area (Å²) in [5, 5.41) is 9.27. The molecular formula is C16H17NO3. The lowest BCUT2D eigenvalue weighted by Gasteiger charge is -2.20. The number of fused-ring (bicyclic) bond motifs is 1. The highest BCUT2D eigenvalue weighted by molar-refractivity contribution is 6.02. The SMILES string of the molecule is CCOC(=O)/C(C#N)=C1\CCCc2cc(OC)ccc21. The quantitative estimate of drug-likeness (QED) is 0.482. The lowest BCUT2D eigenvalue weighted by Crippen LogP contribution is -2.12. The minimum atomic E-state index is -0.534. The summed E-state index contributed by atoms with van der Waals surface area (Å²) >= 11 is 0. The number of carbonyl (C=O) groups excluding carboxylic acids is 1. The molecule has 1 aromatic carbocycles. The second kappa shape index (κ2) is 6.25. The molecule has 0 N–H and O–H groups in total. The Balaban J connectivity index is 2.50. The van der Waals surface area contributed by atoms with Crippen LogP contribution in [0.1, 0.15) is 30.9 Å². The highest BCUT2D eigenvalue weighted by atomic mass is 16.5. The summed E-state index contributed by atoms with van der Waals surface area (Å²) in [6.45, 7) is 2.00. The van der Waals surface area contributed by atoms with Crippen molar-refractivity contribution >= 4 is 11.5 Å². The summed E-state index contributed by atoms with van der Waals surface area (Å²) in [5.74, 6) is 0.258. The minimum Gasteiger partial charge on any atom is -0.497 e. The Bertz CT molecular complexity index is 596. The van der Waals surface area contributed by atoms with Gasteiger partial charge in [0.05, 0.1) is 13.7 Å². The Morgan fingerprint density at radius 1 is 1.40 bits per heavy atom. The van der Waals surface area contributed by atoms with Crippen LogP contribution in [0.15, 0.2) is 23.8 Å². The molecule has 0 saturated heterocycles. The van der Waals surface area contributed by atoms with Crippen LogP contribution in [0.4, 0.5) is 0 Å². The fourth-order valence-electron chi connectivity index (χ4n) is 2.49. The molecule has 4 heteroatoms. The van der Waals surface area contributed by atoms with Crippen LogP contribution in [0.25, 0.3) is 5.57 Å². The van der Waals surface area contributed by atoms with Crippen molar-refractivity contribution in [2.75, 3.05) is 13.7 Å². The normalized spacial score (nSPS) is 15.8. The van der Waals surface area contributed by atoms with Crippen molar-refractivity contribution in [3.05, 3.63) is 34.9 Å². The topological polar surface area (TPSA) is 59.3 Å². The summed E-state index contributed by atoms with van der Waals surface area (Å²) in [5.41, 5.74) is 2.98. The summed E-state index contributed by atoms with van der Waals surface area (Å²) in [6, 6.07) is 7.73. The number of benzene rings is 1. The van der Waals surface area contributed by atoms with Crippen LogP contribution in [0.3, 0.4) is 0 Å². The van der Waals surface area contributed by atoms with Gasteiger partial charge >= 0.3 is 5.97 Å². The molecule has 0 amide bonds. The third kappa shape index (κ3) is 2.67. The molecule has 0 aromatic heterocycles. The van der Waals surface area contributed by atoms with Gasteiger partial charge in [-0.2, -0.15) is 5.26 Å². The van der Waals surface area contributed by atoms with Crippen LogP contribution in [-0.2, 0) is 16.0 Å². The molecule has 0 spiro atoms. The van der Waals surface area contributed by atoms with Gasteiger partial charge in [0.1, 0.15) is 17.4 Å². The fourth-order valence-corrected chi connectivity index (χ4v) is 2.49. The number of rotatable bonds is 3. The number of methoxy groups -OCH3 is 1. The smallest absolute Gasteiger partial charge is 0.349 e. The molecule has 0 atom stereocenters. The highest BCUT2D eigenvalue weighted by Crippen LogP contribution is 2.35. The summed E-state index contributed by atoms with van der Waals surface area (Å²) in [7, 11) is 1.63. The molecule has 0 aliphatic heterocycles. The average Bonchev–Trinajstić information content (AvgIpc) is 2.48. The van der Waals surface area contributed by atoms with E-state index in [0.717, 1.165) is 41.7 Å². The van der Waals surface area contributed by atoms with Crippen LogP contribution < -0.4 is 4.74 Å². The number of nitriles is 1. The zero-order valence-electron chi connectivity index (χ0n) is 11.7. The van der Waals surface area contributed by atoms with Crippen molar-refractivity contribution < 1.29 is 14.3 Å². The molecule has 0 radical (unpaired) electrons. The van der Waals surface area contributed by atoms with Gasteiger partial charge in [-0.1, -0.05) is 6.07 Å². The highest BCUT2D eigenvalue weighted by Gasteiger charge is 2.23. The van der Waals surface area contributed by atoms with Crippen molar-refractivity contribution in [3.63, 3.8) is 0 Å². The first kappa shape index (κ1) is 14.1. The van der Waals surface area contributed by atoms with E-state index < -0.39 is 5.97 Å². The van der Waals surface area contributed by atoms with Gasteiger partial charge < -0.3 is 9.47 Å². The number of aryl methyl sites for hydroxylation is 1. The molecule has 4 nitrogen and oxygen atoms in total. The largest absolute Gasteiger partial charge is 0.497 e. The maximum absolute atomic E-state index is 11.9. The molecule has 0 fully saturated rings. The zero-order valence-corrected chi connectivity index (χ0v) is 11.7. The van der Waals surface area contributed by atoms with Crippen molar-refractivity contribution in [1.29, 1.82) is 5.26 Å². The van der Waals surface area contributed by atoms with E-state index in [9.17, 15) is 10.1 Å². The van der Waals surface area contributed by atoms with Crippen molar-refractivity contribution in [3.8, 4) is 11.8 Å². The van der Waals surface area contributed by atoms with Gasteiger partial charge in [-0.3, -0.25) is 0 Å². The lowest BCUT2D eigenvalue weighted by atomic mass is 9.85. The molecular weight excluding hydrogens is 254 g/mol. The van der Waals surface area contributed by atoms with Gasteiger partial charge in [-0.05, 0) is 55.0 Å². The lowest BCUT2D eigenvalue weighted by molar-refractivity contribution is -0.137. The number of hydrogen-bond acceptors (Lipinski definition) is 4. The van der Waals surface area contributed by atoms with Gasteiger partial charge in [-0.25, -0.2) is 4.79 Å². The number of ether oxygens (including phenoxy) is 2. The van der Waals surface area contributed by atoms with Gasteiger partial charge in [-0.15, -0.1) is 0 Å². The van der Waals surface area contributed by atoms with Gasteiger partial charge in [0, 0.05) is 0 Å². The van der Waals surface area contributed by atoms with E-state index in [4.69, 9.17) is 9.47 Å². The van der Waals surface area contributed by atoms with Gasteiger partial charge in [0.15, 0.2) is 0 Å². The van der Waals surface area contributed by atoms with Crippen molar-refractivity contribution in [2.45, 2.75) is 26.2 Å². The van der Waals surface area contributed by atoms with E-state index in [-0.39, 0.29) is 12.2 Å². The van der Waals surface area contributed by atoms with E-state index in [1.54, 1.807) is 14.0 Å². The van der Waals surface area contributed by atoms with E-state index in [2.05, 4.69) is 0 Å². The monoisotopic (exact) mass is 271 g/mol. The number of allylic oxidation sites excluding steroid dienone is 1. The second-order valence-electron chi connectivity index (χ2n) is 4.56. The molecule has 1 aliphatic rings. The van der Waals surface area contributed by atoms with E-state index in [1.807, 2.05) is 24.3 Å². The maximum atomic E-state index is 11.9. The van der Waals surface area contributed by atoms with Crippen LogP contribution in [0.2, 0.25) is 0 Å². The number of nitrogens with zero attached hydrogens (tertiary/aromatic N) is 1. The average molecular weight is 271 g/mol. The van der Waals surface area contributed by atoms with Crippen LogP contribution in [-0.4, -0.2) is 19.7 Å². The Morgan fingerprint density at radius 3 is 2.85 bits per heavy atom. The molecule has 20 heavy (non-hydrogen) atoms. The number of carbonyl (C=O) groups is 1. The first-order chi connectivity index (χ1) is 9.71. The summed E-state index contributed by atoms with van der Waals surface area (Å²) < 4.78 is 10.2. The number of hydrogen-bond donors (Lipinski definition) is 0. The second-order valence-corrected chi connectivity index (χ2v) is 4.56. The van der Waals surface area contributed by atoms with Gasteiger partial charge in [0.25, 0.3) is 0 Å². The van der Waals surface area contributed by atoms with E-state index in [1.165, 1.54) is 0 Å². The molecule has 2 rings (SSSR count). The van der Waals surface area contributed by atoms with E-state index >= 15 is 0 Å². The number of esters is 1. The Labute approximate surface area is 118 Å². The minimum absolute atomic E-state index is 0.123. The van der Waals surface area contributed by atoms with Crippen molar-refractivity contribution in [2.24, 2.45) is 0 Å². The molecule has 104 valence electrons. The third-order valence-electron chi connectivity index (χ3n) is 3.40. The third-order valence-corrected chi connectivity index (χ3v) is 3.40. The summed E-state index contributed by atoms with van der Waals surface area (Å²) in [4.78, 5) is 11.9. The first-order valence-corrected chi connectivity index (χ1v) is 6.69. The Morgan fingerprint density at radius 2 is 2.20 bits per heavy atom. The molecule has 1 aliphatic carbocycles.